The van der Waals surface area contributed by atoms with Gasteiger partial charge >= 0.3 is 0 Å². The van der Waals surface area contributed by atoms with Gasteiger partial charge in [0, 0.05) is 17.8 Å². The van der Waals surface area contributed by atoms with Crippen molar-refractivity contribution in [1.29, 1.82) is 0 Å². The molecule has 1 aliphatic rings. The highest BCUT2D eigenvalue weighted by molar-refractivity contribution is 5.99. The Morgan fingerprint density at radius 1 is 0.885 bits per heavy atom. The minimum atomic E-state index is -0.435. The zero-order valence-electron chi connectivity index (χ0n) is 15.3. The number of amides is 2. The molecular weight excluding hydrogens is 324 g/mol. The van der Waals surface area contributed by atoms with E-state index in [0.29, 0.717) is 6.42 Å². The highest BCUT2D eigenvalue weighted by atomic mass is 16.2. The number of benzene rings is 2. The van der Waals surface area contributed by atoms with E-state index in [9.17, 15) is 9.59 Å². The quantitative estimate of drug-likeness (QED) is 0.780. The number of nitrogens with one attached hydrogen (secondary N) is 2. The van der Waals surface area contributed by atoms with Gasteiger partial charge in [0.1, 0.15) is 0 Å². The van der Waals surface area contributed by atoms with Crippen LogP contribution in [0.15, 0.2) is 54.6 Å². The van der Waals surface area contributed by atoms with Crippen LogP contribution in [0.2, 0.25) is 0 Å². The van der Waals surface area contributed by atoms with E-state index in [1.807, 2.05) is 49.4 Å². The largest absolute Gasteiger partial charge is 0.326 e. The average molecular weight is 350 g/mol. The maximum Gasteiger partial charge on any atom is 0.235 e. The van der Waals surface area contributed by atoms with E-state index in [1.54, 1.807) is 0 Å². The Labute approximate surface area is 155 Å². The molecule has 0 atom stereocenters. The zero-order valence-corrected chi connectivity index (χ0v) is 15.3. The molecule has 0 aliphatic heterocycles. The molecule has 1 aliphatic carbocycles. The molecule has 0 unspecified atom stereocenters. The first-order valence-electron chi connectivity index (χ1n) is 9.41. The Morgan fingerprint density at radius 2 is 1.46 bits per heavy atom. The molecule has 0 bridgehead atoms. The van der Waals surface area contributed by atoms with Crippen molar-refractivity contribution in [2.45, 2.75) is 50.9 Å². The predicted molar refractivity (Wildman–Crippen MR) is 105 cm³/mol. The van der Waals surface area contributed by atoms with Crippen LogP contribution in [0.4, 0.5) is 11.4 Å². The second-order valence-corrected chi connectivity index (χ2v) is 6.98. The second kappa shape index (κ2) is 8.17. The minimum absolute atomic E-state index is 0.0123. The molecular formula is C22H26N2O2. The summed E-state index contributed by atoms with van der Waals surface area (Å²) in [6, 6.07) is 17.4. The molecule has 2 N–H and O–H groups in total. The molecule has 2 aromatic rings. The Bertz CT molecular complexity index is 747. The van der Waals surface area contributed by atoms with E-state index >= 15 is 0 Å². The van der Waals surface area contributed by atoms with Crippen LogP contribution < -0.4 is 10.6 Å². The summed E-state index contributed by atoms with van der Waals surface area (Å²) in [6.07, 6.45) is 5.25. The molecule has 0 aromatic heterocycles. The summed E-state index contributed by atoms with van der Waals surface area (Å²) >= 11 is 0. The fourth-order valence-corrected chi connectivity index (χ4v) is 3.72. The third-order valence-corrected chi connectivity index (χ3v) is 5.12. The van der Waals surface area contributed by atoms with Crippen molar-refractivity contribution in [3.63, 3.8) is 0 Å². The number of rotatable bonds is 6. The fourth-order valence-electron chi connectivity index (χ4n) is 3.72. The predicted octanol–water partition coefficient (Wildman–Crippen LogP) is 4.88. The highest BCUT2D eigenvalue weighted by Gasteiger charge is 2.42. The summed E-state index contributed by atoms with van der Waals surface area (Å²) in [4.78, 5) is 24.8. The average Bonchev–Trinajstić information content (AvgIpc) is 3.15. The van der Waals surface area contributed by atoms with E-state index in [0.717, 1.165) is 49.0 Å². The zero-order chi connectivity index (χ0) is 18.4. The molecule has 0 spiro atoms. The van der Waals surface area contributed by atoms with Crippen LogP contribution in [0.25, 0.3) is 0 Å². The van der Waals surface area contributed by atoms with Gasteiger partial charge in [-0.3, -0.25) is 9.59 Å². The first-order chi connectivity index (χ1) is 12.6. The van der Waals surface area contributed by atoms with E-state index < -0.39 is 5.41 Å². The van der Waals surface area contributed by atoms with Crippen molar-refractivity contribution in [3.05, 3.63) is 60.2 Å². The molecule has 1 fully saturated rings. The first kappa shape index (κ1) is 18.2. The SMILES string of the molecule is CCCC(=O)Nc1ccc(NC(=O)C2(c3ccccc3)CCCC2)cc1. The van der Waals surface area contributed by atoms with Gasteiger partial charge in [0.2, 0.25) is 11.8 Å². The van der Waals surface area contributed by atoms with Gasteiger partial charge in [-0.1, -0.05) is 50.1 Å². The fraction of sp³-hybridized carbons (Fsp3) is 0.364. The van der Waals surface area contributed by atoms with Gasteiger partial charge in [0.05, 0.1) is 5.41 Å². The topological polar surface area (TPSA) is 58.2 Å². The number of hydrogen-bond donors (Lipinski definition) is 2. The monoisotopic (exact) mass is 350 g/mol. The van der Waals surface area contributed by atoms with Crippen LogP contribution in [0, 0.1) is 0 Å². The van der Waals surface area contributed by atoms with Gasteiger partial charge in [-0.15, -0.1) is 0 Å². The maximum absolute atomic E-state index is 13.1. The van der Waals surface area contributed by atoms with Gasteiger partial charge in [0.25, 0.3) is 0 Å². The summed E-state index contributed by atoms with van der Waals surface area (Å²) in [5, 5.41) is 5.94. The van der Waals surface area contributed by atoms with Gasteiger partial charge < -0.3 is 10.6 Å². The maximum atomic E-state index is 13.1. The van der Waals surface area contributed by atoms with Gasteiger partial charge in [-0.05, 0) is 49.1 Å². The molecule has 0 saturated heterocycles. The van der Waals surface area contributed by atoms with Crippen molar-refractivity contribution in [2.24, 2.45) is 0 Å². The molecule has 4 nitrogen and oxygen atoms in total. The summed E-state index contributed by atoms with van der Waals surface area (Å²) < 4.78 is 0. The Morgan fingerprint density at radius 3 is 2.04 bits per heavy atom. The van der Waals surface area contributed by atoms with Crippen LogP contribution in [-0.2, 0) is 15.0 Å². The number of carbonyl (C=O) groups is 2. The van der Waals surface area contributed by atoms with E-state index in [-0.39, 0.29) is 11.8 Å². The van der Waals surface area contributed by atoms with E-state index in [1.165, 1.54) is 0 Å². The lowest BCUT2D eigenvalue weighted by Crippen LogP contribution is -2.37. The number of carbonyl (C=O) groups excluding carboxylic acids is 2. The second-order valence-electron chi connectivity index (χ2n) is 6.98. The van der Waals surface area contributed by atoms with Crippen molar-refractivity contribution < 1.29 is 9.59 Å². The third-order valence-electron chi connectivity index (χ3n) is 5.12. The Hall–Kier alpha value is -2.62. The van der Waals surface area contributed by atoms with Crippen molar-refractivity contribution in [2.75, 3.05) is 10.6 Å². The normalized spacial score (nSPS) is 15.4. The lowest BCUT2D eigenvalue weighted by molar-refractivity contribution is -0.121. The van der Waals surface area contributed by atoms with E-state index in [4.69, 9.17) is 0 Å². The first-order valence-corrected chi connectivity index (χ1v) is 9.41. The summed E-state index contributed by atoms with van der Waals surface area (Å²) in [5.41, 5.74) is 2.17. The molecule has 0 heterocycles. The molecule has 2 aromatic carbocycles. The van der Waals surface area contributed by atoms with Crippen LogP contribution in [0.5, 0.6) is 0 Å². The van der Waals surface area contributed by atoms with Gasteiger partial charge in [-0.25, -0.2) is 0 Å². The van der Waals surface area contributed by atoms with Gasteiger partial charge in [-0.2, -0.15) is 0 Å². The molecule has 0 radical (unpaired) electrons. The lowest BCUT2D eigenvalue weighted by Gasteiger charge is -2.28. The lowest BCUT2D eigenvalue weighted by atomic mass is 9.78. The van der Waals surface area contributed by atoms with Crippen molar-refractivity contribution >= 4 is 23.2 Å². The van der Waals surface area contributed by atoms with Crippen molar-refractivity contribution in [3.8, 4) is 0 Å². The molecule has 2 amide bonds. The minimum Gasteiger partial charge on any atom is -0.326 e. The molecule has 1 saturated carbocycles. The number of hydrogen-bond acceptors (Lipinski definition) is 2. The van der Waals surface area contributed by atoms with Crippen LogP contribution in [-0.4, -0.2) is 11.8 Å². The third kappa shape index (κ3) is 3.96. The highest BCUT2D eigenvalue weighted by Crippen LogP contribution is 2.42. The van der Waals surface area contributed by atoms with Crippen molar-refractivity contribution in [1.82, 2.24) is 0 Å². The summed E-state index contributed by atoms with van der Waals surface area (Å²) in [7, 11) is 0. The standard InChI is InChI=1S/C22H26N2O2/c1-2-8-20(25)23-18-11-13-19(14-12-18)24-21(26)22(15-6-7-16-22)17-9-4-3-5-10-17/h3-5,9-14H,2,6-8,15-16H2,1H3,(H,23,25)(H,24,26). The Balaban J connectivity index is 1.71. The molecule has 26 heavy (non-hydrogen) atoms. The smallest absolute Gasteiger partial charge is 0.235 e. The van der Waals surface area contributed by atoms with Crippen LogP contribution in [0.3, 0.4) is 0 Å². The number of anilines is 2. The van der Waals surface area contributed by atoms with Crippen LogP contribution in [0.1, 0.15) is 51.0 Å². The van der Waals surface area contributed by atoms with E-state index in [2.05, 4.69) is 22.8 Å². The molecule has 4 heteroatoms. The Kier molecular flexibility index (Phi) is 5.71. The van der Waals surface area contributed by atoms with Gasteiger partial charge in [0.15, 0.2) is 0 Å². The van der Waals surface area contributed by atoms with Crippen LogP contribution >= 0.6 is 0 Å². The summed E-state index contributed by atoms with van der Waals surface area (Å²) in [5.74, 6) is 0.0715. The summed E-state index contributed by atoms with van der Waals surface area (Å²) in [6.45, 7) is 1.98. The molecule has 136 valence electrons. The molecule has 3 rings (SSSR count).